The number of halogens is 3. The van der Waals surface area contributed by atoms with Gasteiger partial charge in [-0.1, -0.05) is 6.92 Å². The van der Waals surface area contributed by atoms with Crippen LogP contribution in [0.25, 0.3) is 0 Å². The Balaban J connectivity index is 1.87. The van der Waals surface area contributed by atoms with E-state index in [0.717, 1.165) is 17.1 Å². The van der Waals surface area contributed by atoms with Gasteiger partial charge in [0.15, 0.2) is 5.96 Å². The molecule has 0 radical (unpaired) electrons. The molecule has 2 rings (SSSR count). The van der Waals surface area contributed by atoms with Crippen LogP contribution in [0.3, 0.4) is 0 Å². The summed E-state index contributed by atoms with van der Waals surface area (Å²) in [7, 11) is 0. The van der Waals surface area contributed by atoms with Gasteiger partial charge in [0.25, 0.3) is 0 Å². The third kappa shape index (κ3) is 6.27. The van der Waals surface area contributed by atoms with E-state index in [1.807, 2.05) is 12.3 Å². The summed E-state index contributed by atoms with van der Waals surface area (Å²) in [6.07, 6.45) is -2.56. The van der Waals surface area contributed by atoms with E-state index in [4.69, 9.17) is 0 Å². The zero-order chi connectivity index (χ0) is 17.6. The second-order valence-electron chi connectivity index (χ2n) is 5.76. The highest BCUT2D eigenvalue weighted by Gasteiger charge is 2.34. The Bertz CT molecular complexity index is 543. The van der Waals surface area contributed by atoms with Crippen LogP contribution in [0.5, 0.6) is 0 Å². The van der Waals surface area contributed by atoms with E-state index in [1.165, 1.54) is 4.90 Å². The molecule has 0 spiro atoms. The van der Waals surface area contributed by atoms with Gasteiger partial charge in [-0.15, -0.1) is 11.3 Å². The molecule has 24 heavy (non-hydrogen) atoms. The van der Waals surface area contributed by atoms with Crippen LogP contribution in [0.15, 0.2) is 10.4 Å². The molecule has 1 unspecified atom stereocenters. The van der Waals surface area contributed by atoms with E-state index < -0.39 is 12.7 Å². The van der Waals surface area contributed by atoms with Gasteiger partial charge < -0.3 is 10.6 Å². The first-order chi connectivity index (χ1) is 11.4. The van der Waals surface area contributed by atoms with Gasteiger partial charge in [-0.3, -0.25) is 4.90 Å². The molecule has 1 aliphatic heterocycles. The Kier molecular flexibility index (Phi) is 6.85. The van der Waals surface area contributed by atoms with Crippen LogP contribution in [-0.2, 0) is 13.0 Å². The number of alkyl halides is 3. The van der Waals surface area contributed by atoms with Gasteiger partial charge in [-0.25, -0.2) is 9.98 Å². The summed E-state index contributed by atoms with van der Waals surface area (Å²) in [4.78, 5) is 10.4. The second-order valence-corrected chi connectivity index (χ2v) is 6.70. The topological polar surface area (TPSA) is 52.6 Å². The van der Waals surface area contributed by atoms with Crippen molar-refractivity contribution in [3.63, 3.8) is 0 Å². The standard InChI is InChI=1S/C15H24F3N5S/c1-3-13-21-12(9-24-13)7-20-14(19-4-2)22-11-5-6-23(8-11)10-15(16,17)18/h9,11H,3-8,10H2,1-2H3,(H2,19,20,22). The van der Waals surface area contributed by atoms with Crippen molar-refractivity contribution in [2.45, 2.75) is 45.5 Å². The lowest BCUT2D eigenvalue weighted by atomic mass is 10.3. The largest absolute Gasteiger partial charge is 0.401 e. The first-order valence-corrected chi connectivity index (χ1v) is 9.04. The van der Waals surface area contributed by atoms with Crippen molar-refractivity contribution in [3.8, 4) is 0 Å². The highest BCUT2D eigenvalue weighted by Crippen LogP contribution is 2.20. The molecule has 136 valence electrons. The minimum atomic E-state index is -4.14. The SMILES string of the molecule is CCNC(=NCc1csc(CC)n1)NC1CCN(CC(F)(F)F)C1. The Morgan fingerprint density at radius 3 is 2.88 bits per heavy atom. The predicted molar refractivity (Wildman–Crippen MR) is 90.3 cm³/mol. The van der Waals surface area contributed by atoms with E-state index in [2.05, 4.69) is 27.5 Å². The van der Waals surface area contributed by atoms with Crippen LogP contribution in [0.4, 0.5) is 13.2 Å². The first kappa shape index (κ1) is 19.0. The molecule has 1 saturated heterocycles. The fourth-order valence-electron chi connectivity index (χ4n) is 2.60. The van der Waals surface area contributed by atoms with Crippen molar-refractivity contribution in [1.82, 2.24) is 20.5 Å². The number of likely N-dealkylation sites (tertiary alicyclic amines) is 1. The molecular formula is C15H24F3N5S. The molecule has 0 saturated carbocycles. The number of aliphatic imine (C=N–C) groups is 1. The Hall–Kier alpha value is -1.35. The summed E-state index contributed by atoms with van der Waals surface area (Å²) in [5.41, 5.74) is 0.916. The monoisotopic (exact) mass is 363 g/mol. The quantitative estimate of drug-likeness (QED) is 0.602. The van der Waals surface area contributed by atoms with Crippen molar-refractivity contribution in [3.05, 3.63) is 16.1 Å². The van der Waals surface area contributed by atoms with Gasteiger partial charge in [-0.2, -0.15) is 13.2 Å². The maximum atomic E-state index is 12.5. The summed E-state index contributed by atoms with van der Waals surface area (Å²) >= 11 is 1.62. The molecule has 9 heteroatoms. The molecule has 1 atom stereocenters. The molecule has 0 bridgehead atoms. The van der Waals surface area contributed by atoms with E-state index in [-0.39, 0.29) is 6.04 Å². The van der Waals surface area contributed by atoms with Crippen LogP contribution in [0.2, 0.25) is 0 Å². The fraction of sp³-hybridized carbons (Fsp3) is 0.733. The molecule has 1 aliphatic rings. The summed E-state index contributed by atoms with van der Waals surface area (Å²) in [6, 6.07) is -0.0215. The van der Waals surface area contributed by atoms with Crippen LogP contribution < -0.4 is 10.6 Å². The van der Waals surface area contributed by atoms with Gasteiger partial charge in [0.1, 0.15) is 0 Å². The lowest BCUT2D eigenvalue weighted by Gasteiger charge is -2.19. The molecule has 2 N–H and O–H groups in total. The van der Waals surface area contributed by atoms with Crippen LogP contribution in [0, 0.1) is 0 Å². The zero-order valence-electron chi connectivity index (χ0n) is 14.0. The number of aromatic nitrogens is 1. The molecule has 0 amide bonds. The number of hydrogen-bond donors (Lipinski definition) is 2. The van der Waals surface area contributed by atoms with E-state index in [9.17, 15) is 13.2 Å². The van der Waals surface area contributed by atoms with Crippen molar-refractivity contribution in [2.24, 2.45) is 4.99 Å². The minimum absolute atomic E-state index is 0.0215. The summed E-state index contributed by atoms with van der Waals surface area (Å²) < 4.78 is 37.4. The van der Waals surface area contributed by atoms with Gasteiger partial charge in [0.2, 0.25) is 0 Å². The molecule has 0 aromatic carbocycles. The molecule has 0 aliphatic carbocycles. The number of nitrogens with one attached hydrogen (secondary N) is 2. The van der Waals surface area contributed by atoms with Gasteiger partial charge >= 0.3 is 6.18 Å². The smallest absolute Gasteiger partial charge is 0.357 e. The van der Waals surface area contributed by atoms with Crippen LogP contribution in [-0.4, -0.2) is 54.2 Å². The number of guanidine groups is 1. The number of rotatable bonds is 6. The number of aryl methyl sites for hydroxylation is 1. The Morgan fingerprint density at radius 2 is 2.25 bits per heavy atom. The van der Waals surface area contributed by atoms with Crippen molar-refractivity contribution in [2.75, 3.05) is 26.2 Å². The first-order valence-electron chi connectivity index (χ1n) is 8.16. The highest BCUT2D eigenvalue weighted by atomic mass is 32.1. The van der Waals surface area contributed by atoms with Gasteiger partial charge in [-0.05, 0) is 19.8 Å². The van der Waals surface area contributed by atoms with Crippen LogP contribution in [0.1, 0.15) is 31.0 Å². The summed E-state index contributed by atoms with van der Waals surface area (Å²) in [6.45, 7) is 5.15. The normalized spacial score (nSPS) is 19.7. The molecule has 1 fully saturated rings. The van der Waals surface area contributed by atoms with Crippen LogP contribution >= 0.6 is 11.3 Å². The van der Waals surface area contributed by atoms with Gasteiger partial charge in [0.05, 0.1) is 23.8 Å². The highest BCUT2D eigenvalue weighted by molar-refractivity contribution is 7.09. The third-order valence-corrected chi connectivity index (χ3v) is 4.70. The average Bonchev–Trinajstić information content (AvgIpc) is 3.12. The minimum Gasteiger partial charge on any atom is -0.357 e. The maximum Gasteiger partial charge on any atom is 0.401 e. The van der Waals surface area contributed by atoms with E-state index >= 15 is 0 Å². The lowest BCUT2D eigenvalue weighted by molar-refractivity contribution is -0.143. The molecular weight excluding hydrogens is 339 g/mol. The van der Waals surface area contributed by atoms with E-state index in [0.29, 0.717) is 38.6 Å². The van der Waals surface area contributed by atoms with Gasteiger partial charge in [0, 0.05) is 31.1 Å². The molecule has 1 aromatic rings. The third-order valence-electron chi connectivity index (χ3n) is 3.66. The zero-order valence-corrected chi connectivity index (χ0v) is 14.8. The fourth-order valence-corrected chi connectivity index (χ4v) is 3.34. The molecule has 5 nitrogen and oxygen atoms in total. The summed E-state index contributed by atoms with van der Waals surface area (Å²) in [5.74, 6) is 0.627. The number of hydrogen-bond acceptors (Lipinski definition) is 4. The summed E-state index contributed by atoms with van der Waals surface area (Å²) in [5, 5.41) is 9.44. The van der Waals surface area contributed by atoms with E-state index in [1.54, 1.807) is 11.3 Å². The van der Waals surface area contributed by atoms with Crippen molar-refractivity contribution in [1.29, 1.82) is 0 Å². The average molecular weight is 363 g/mol. The molecule has 1 aromatic heterocycles. The number of nitrogens with zero attached hydrogens (tertiary/aromatic N) is 3. The number of thiazole rings is 1. The van der Waals surface area contributed by atoms with Crippen molar-refractivity contribution >= 4 is 17.3 Å². The Labute approximate surface area is 144 Å². The predicted octanol–water partition coefficient (Wildman–Crippen LogP) is 2.40. The Morgan fingerprint density at radius 1 is 1.46 bits per heavy atom. The van der Waals surface area contributed by atoms with Crippen molar-refractivity contribution < 1.29 is 13.2 Å². The molecule has 2 heterocycles. The maximum absolute atomic E-state index is 12.5. The lowest BCUT2D eigenvalue weighted by Crippen LogP contribution is -2.45. The second kappa shape index (κ2) is 8.66.